The quantitative estimate of drug-likeness (QED) is 0.843. The van der Waals surface area contributed by atoms with Gasteiger partial charge in [-0.25, -0.2) is 5.43 Å². The molecule has 0 bridgehead atoms. The lowest BCUT2D eigenvalue weighted by Crippen LogP contribution is -2.35. The normalized spacial score (nSPS) is 20.9. The smallest absolute Gasteiger partial charge is 0.237 e. The maximum atomic E-state index is 11.8. The maximum absolute atomic E-state index is 11.8. The summed E-state index contributed by atoms with van der Waals surface area (Å²) < 4.78 is 5.90. The van der Waals surface area contributed by atoms with Crippen LogP contribution in [0, 0.1) is 11.3 Å². The van der Waals surface area contributed by atoms with Gasteiger partial charge in [0.15, 0.2) is 0 Å². The number of nitrogens with one attached hydrogen (secondary N) is 2. The van der Waals surface area contributed by atoms with Crippen LogP contribution in [0.1, 0.15) is 36.5 Å². The Bertz CT molecular complexity index is 611. The van der Waals surface area contributed by atoms with E-state index in [1.165, 1.54) is 0 Å². The standard InChI is InChI=1S/C14H16N4O2/c1-9-7-16-17-14(9)12-6-10-8-18(13(19)2-4-15)5-3-11(10)20-12/h6-7,14,16-17H,2-3,5,8H2,1H3. The maximum Gasteiger partial charge on any atom is 0.237 e. The van der Waals surface area contributed by atoms with Crippen LogP contribution in [0.3, 0.4) is 0 Å². The van der Waals surface area contributed by atoms with E-state index in [0.29, 0.717) is 19.5 Å². The average Bonchev–Trinajstić information content (AvgIpc) is 3.03. The van der Waals surface area contributed by atoms with Crippen molar-refractivity contribution in [2.45, 2.75) is 32.4 Å². The fourth-order valence-corrected chi connectivity index (χ4v) is 2.62. The van der Waals surface area contributed by atoms with Crippen LogP contribution in [0.5, 0.6) is 0 Å². The number of rotatable bonds is 2. The van der Waals surface area contributed by atoms with Crippen LogP contribution in [0.4, 0.5) is 0 Å². The van der Waals surface area contributed by atoms with Crippen molar-refractivity contribution in [2.24, 2.45) is 0 Å². The highest BCUT2D eigenvalue weighted by Gasteiger charge is 2.27. The lowest BCUT2D eigenvalue weighted by molar-refractivity contribution is -0.131. The molecule has 20 heavy (non-hydrogen) atoms. The molecule has 3 rings (SSSR count). The molecular formula is C14H16N4O2. The van der Waals surface area contributed by atoms with E-state index in [4.69, 9.17) is 9.68 Å². The van der Waals surface area contributed by atoms with E-state index in [1.54, 1.807) is 4.90 Å². The number of nitrogens with zero attached hydrogens (tertiary/aromatic N) is 2. The van der Waals surface area contributed by atoms with Gasteiger partial charge in [-0.05, 0) is 18.6 Å². The van der Waals surface area contributed by atoms with Crippen molar-refractivity contribution in [2.75, 3.05) is 6.54 Å². The van der Waals surface area contributed by atoms with Crippen LogP contribution >= 0.6 is 0 Å². The molecular weight excluding hydrogens is 256 g/mol. The Morgan fingerprint density at radius 2 is 2.50 bits per heavy atom. The number of furan rings is 1. The summed E-state index contributed by atoms with van der Waals surface area (Å²) in [5.74, 6) is 1.70. The van der Waals surface area contributed by atoms with E-state index in [2.05, 4.69) is 10.9 Å². The summed E-state index contributed by atoms with van der Waals surface area (Å²) in [6.45, 7) is 3.18. The molecule has 1 amide bonds. The van der Waals surface area contributed by atoms with Gasteiger partial charge in [0.05, 0.1) is 6.07 Å². The van der Waals surface area contributed by atoms with Crippen LogP contribution in [-0.2, 0) is 17.8 Å². The number of carbonyl (C=O) groups is 1. The van der Waals surface area contributed by atoms with E-state index in [9.17, 15) is 4.79 Å². The molecule has 0 saturated heterocycles. The van der Waals surface area contributed by atoms with Gasteiger partial charge in [0, 0.05) is 31.3 Å². The highest BCUT2D eigenvalue weighted by Crippen LogP contribution is 2.30. The van der Waals surface area contributed by atoms with E-state index >= 15 is 0 Å². The van der Waals surface area contributed by atoms with Gasteiger partial charge in [0.2, 0.25) is 5.91 Å². The molecule has 0 saturated carbocycles. The topological polar surface area (TPSA) is 81.3 Å². The fourth-order valence-electron chi connectivity index (χ4n) is 2.62. The Labute approximate surface area is 117 Å². The molecule has 2 aliphatic heterocycles. The first-order valence-electron chi connectivity index (χ1n) is 6.63. The summed E-state index contributed by atoms with van der Waals surface area (Å²) in [7, 11) is 0. The first-order chi connectivity index (χ1) is 9.69. The minimum absolute atomic E-state index is 0.0452. The molecule has 104 valence electrons. The second-order valence-corrected chi connectivity index (χ2v) is 5.11. The SMILES string of the molecule is CC1=CNNC1c1cc2c(o1)CCN(C(=O)CC#N)C2. The van der Waals surface area contributed by atoms with E-state index in [-0.39, 0.29) is 18.4 Å². The van der Waals surface area contributed by atoms with E-state index in [0.717, 1.165) is 22.7 Å². The van der Waals surface area contributed by atoms with Crippen molar-refractivity contribution in [1.29, 1.82) is 5.26 Å². The van der Waals surface area contributed by atoms with Crippen molar-refractivity contribution < 1.29 is 9.21 Å². The van der Waals surface area contributed by atoms with Gasteiger partial charge < -0.3 is 14.7 Å². The van der Waals surface area contributed by atoms with Crippen LogP contribution in [0.15, 0.2) is 22.3 Å². The van der Waals surface area contributed by atoms with Crippen LogP contribution in [0.25, 0.3) is 0 Å². The summed E-state index contributed by atoms with van der Waals surface area (Å²) in [4.78, 5) is 13.5. The van der Waals surface area contributed by atoms with Gasteiger partial charge in [-0.15, -0.1) is 0 Å². The predicted octanol–water partition coefficient (Wildman–Crippen LogP) is 1.13. The summed E-state index contributed by atoms with van der Waals surface area (Å²) >= 11 is 0. The Hall–Kier alpha value is -2.26. The second kappa shape index (κ2) is 5.02. The molecule has 0 aliphatic carbocycles. The zero-order valence-corrected chi connectivity index (χ0v) is 11.3. The molecule has 3 heterocycles. The molecule has 0 fully saturated rings. The monoisotopic (exact) mass is 272 g/mol. The molecule has 1 aromatic heterocycles. The van der Waals surface area contributed by atoms with E-state index in [1.807, 2.05) is 25.3 Å². The molecule has 0 radical (unpaired) electrons. The molecule has 0 aromatic carbocycles. The van der Waals surface area contributed by atoms with Crippen molar-refractivity contribution in [3.05, 3.63) is 34.9 Å². The van der Waals surface area contributed by atoms with Crippen LogP contribution in [-0.4, -0.2) is 17.4 Å². The average molecular weight is 272 g/mol. The fraction of sp³-hybridized carbons (Fsp3) is 0.429. The Morgan fingerprint density at radius 1 is 1.65 bits per heavy atom. The number of amides is 1. The minimum atomic E-state index is -0.113. The summed E-state index contributed by atoms with van der Waals surface area (Å²) in [5, 5.41) is 8.60. The number of hydrazine groups is 1. The zero-order chi connectivity index (χ0) is 14.1. The molecule has 0 spiro atoms. The summed E-state index contributed by atoms with van der Waals surface area (Å²) in [6.07, 6.45) is 2.56. The highest BCUT2D eigenvalue weighted by atomic mass is 16.3. The highest BCUT2D eigenvalue weighted by molar-refractivity contribution is 5.78. The molecule has 1 atom stereocenters. The van der Waals surface area contributed by atoms with Gasteiger partial charge in [-0.2, -0.15) is 5.26 Å². The Balaban J connectivity index is 1.78. The van der Waals surface area contributed by atoms with Crippen LogP contribution < -0.4 is 10.9 Å². The Morgan fingerprint density at radius 3 is 3.20 bits per heavy atom. The Kier molecular flexibility index (Phi) is 3.20. The molecule has 6 nitrogen and oxygen atoms in total. The first kappa shape index (κ1) is 12.8. The number of hydrogen-bond acceptors (Lipinski definition) is 5. The third-order valence-electron chi connectivity index (χ3n) is 3.74. The first-order valence-corrected chi connectivity index (χ1v) is 6.63. The van der Waals surface area contributed by atoms with Gasteiger partial charge in [0.25, 0.3) is 0 Å². The van der Waals surface area contributed by atoms with Crippen molar-refractivity contribution >= 4 is 5.91 Å². The lowest BCUT2D eigenvalue weighted by Gasteiger charge is -2.25. The van der Waals surface area contributed by atoms with E-state index < -0.39 is 0 Å². The van der Waals surface area contributed by atoms with Gasteiger partial charge >= 0.3 is 0 Å². The number of nitriles is 1. The number of carbonyl (C=O) groups excluding carboxylic acids is 1. The lowest BCUT2D eigenvalue weighted by atomic mass is 10.1. The van der Waals surface area contributed by atoms with Crippen molar-refractivity contribution in [1.82, 2.24) is 15.8 Å². The molecule has 2 N–H and O–H groups in total. The molecule has 1 aromatic rings. The summed E-state index contributed by atoms with van der Waals surface area (Å²) in [5.41, 5.74) is 8.30. The minimum Gasteiger partial charge on any atom is -0.464 e. The molecule has 2 aliphatic rings. The third-order valence-corrected chi connectivity index (χ3v) is 3.74. The number of hydrogen-bond donors (Lipinski definition) is 2. The van der Waals surface area contributed by atoms with Crippen LogP contribution in [0.2, 0.25) is 0 Å². The van der Waals surface area contributed by atoms with Crippen molar-refractivity contribution in [3.8, 4) is 6.07 Å². The van der Waals surface area contributed by atoms with Gasteiger partial charge in [0.1, 0.15) is 24.0 Å². The second-order valence-electron chi connectivity index (χ2n) is 5.11. The summed E-state index contributed by atoms with van der Waals surface area (Å²) in [6, 6.07) is 3.95. The predicted molar refractivity (Wildman–Crippen MR) is 70.8 cm³/mol. The zero-order valence-electron chi connectivity index (χ0n) is 11.3. The largest absolute Gasteiger partial charge is 0.464 e. The number of fused-ring (bicyclic) bond motifs is 1. The van der Waals surface area contributed by atoms with Crippen molar-refractivity contribution in [3.63, 3.8) is 0 Å². The third kappa shape index (κ3) is 2.17. The molecule has 6 heteroatoms. The van der Waals surface area contributed by atoms with Gasteiger partial charge in [-0.1, -0.05) is 0 Å². The van der Waals surface area contributed by atoms with Gasteiger partial charge in [-0.3, -0.25) is 4.79 Å². The molecule has 1 unspecified atom stereocenters.